The van der Waals surface area contributed by atoms with E-state index in [1.54, 1.807) is 0 Å². The van der Waals surface area contributed by atoms with Crippen molar-refractivity contribution in [2.75, 3.05) is 0 Å². The summed E-state index contributed by atoms with van der Waals surface area (Å²) in [6, 6.07) is 18.6. The lowest BCUT2D eigenvalue weighted by atomic mass is 9.79. The Bertz CT molecular complexity index is 486. The van der Waals surface area contributed by atoms with Gasteiger partial charge in [0.25, 0.3) is 0 Å². The van der Waals surface area contributed by atoms with Crippen molar-refractivity contribution in [2.45, 2.75) is 25.7 Å². The molecule has 0 bridgehead atoms. The van der Waals surface area contributed by atoms with Crippen LogP contribution >= 0.6 is 11.6 Å². The number of benzene rings is 2. The van der Waals surface area contributed by atoms with Crippen molar-refractivity contribution in [3.8, 4) is 0 Å². The van der Waals surface area contributed by atoms with Crippen molar-refractivity contribution in [3.05, 3.63) is 70.7 Å². The highest BCUT2D eigenvalue weighted by Gasteiger charge is 2.23. The summed E-state index contributed by atoms with van der Waals surface area (Å²) in [5.74, 6) is 0. The van der Waals surface area contributed by atoms with Gasteiger partial charge in [-0.15, -0.1) is 0 Å². The van der Waals surface area contributed by atoms with Crippen LogP contribution in [0, 0.1) is 0 Å². The standard InChI is InChI=1S/C16H17Cl/c1-16(2,12-13-8-4-3-5-9-13)14-10-6-7-11-15(14)17/h3-11H,12H2,1-2H3. The Morgan fingerprint density at radius 2 is 1.47 bits per heavy atom. The predicted molar refractivity (Wildman–Crippen MR) is 74.6 cm³/mol. The molecule has 0 unspecified atom stereocenters. The van der Waals surface area contributed by atoms with E-state index in [2.05, 4.69) is 44.2 Å². The maximum atomic E-state index is 6.27. The van der Waals surface area contributed by atoms with E-state index in [0.717, 1.165) is 11.4 Å². The molecule has 2 rings (SSSR count). The van der Waals surface area contributed by atoms with Crippen LogP contribution in [0.1, 0.15) is 25.0 Å². The smallest absolute Gasteiger partial charge is 0.0443 e. The number of hydrogen-bond acceptors (Lipinski definition) is 0. The van der Waals surface area contributed by atoms with Crippen molar-refractivity contribution < 1.29 is 0 Å². The van der Waals surface area contributed by atoms with E-state index in [-0.39, 0.29) is 5.41 Å². The van der Waals surface area contributed by atoms with Crippen LogP contribution in [0.5, 0.6) is 0 Å². The van der Waals surface area contributed by atoms with Gasteiger partial charge in [-0.3, -0.25) is 0 Å². The Labute approximate surface area is 108 Å². The lowest BCUT2D eigenvalue weighted by Gasteiger charge is -2.26. The van der Waals surface area contributed by atoms with Gasteiger partial charge in [0.05, 0.1) is 0 Å². The minimum atomic E-state index is 0.0553. The van der Waals surface area contributed by atoms with Crippen LogP contribution in [0.15, 0.2) is 54.6 Å². The Hall–Kier alpha value is -1.27. The molecular weight excluding hydrogens is 228 g/mol. The Morgan fingerprint density at radius 3 is 2.12 bits per heavy atom. The van der Waals surface area contributed by atoms with Crippen LogP contribution in [0.3, 0.4) is 0 Å². The summed E-state index contributed by atoms with van der Waals surface area (Å²) in [6.07, 6.45) is 0.998. The molecule has 0 aliphatic rings. The molecule has 0 heterocycles. The second-order valence-corrected chi connectivity index (χ2v) is 5.43. The monoisotopic (exact) mass is 244 g/mol. The Morgan fingerprint density at radius 1 is 0.882 bits per heavy atom. The van der Waals surface area contributed by atoms with Crippen molar-refractivity contribution in [1.29, 1.82) is 0 Å². The molecule has 0 spiro atoms. The third-order valence-electron chi connectivity index (χ3n) is 3.09. The predicted octanol–water partition coefficient (Wildman–Crippen LogP) is 4.86. The molecule has 0 atom stereocenters. The zero-order valence-corrected chi connectivity index (χ0v) is 11.0. The molecular formula is C16H17Cl. The second kappa shape index (κ2) is 4.93. The molecule has 0 radical (unpaired) electrons. The molecule has 0 aromatic heterocycles. The molecule has 0 fully saturated rings. The van der Waals surface area contributed by atoms with Gasteiger partial charge < -0.3 is 0 Å². The maximum Gasteiger partial charge on any atom is 0.0443 e. The normalized spacial score (nSPS) is 11.5. The molecule has 2 aromatic rings. The van der Waals surface area contributed by atoms with Gasteiger partial charge in [0.1, 0.15) is 0 Å². The van der Waals surface area contributed by atoms with Gasteiger partial charge in [-0.05, 0) is 29.0 Å². The molecule has 17 heavy (non-hydrogen) atoms. The highest BCUT2D eigenvalue weighted by Crippen LogP contribution is 2.32. The first-order chi connectivity index (χ1) is 8.09. The molecule has 0 aliphatic carbocycles. The van der Waals surface area contributed by atoms with Crippen LogP contribution in [0.4, 0.5) is 0 Å². The third kappa shape index (κ3) is 2.89. The second-order valence-electron chi connectivity index (χ2n) is 5.03. The van der Waals surface area contributed by atoms with Gasteiger partial charge in [-0.25, -0.2) is 0 Å². The molecule has 0 nitrogen and oxygen atoms in total. The van der Waals surface area contributed by atoms with E-state index in [1.807, 2.05) is 24.3 Å². The van der Waals surface area contributed by atoms with Crippen LogP contribution in [-0.2, 0) is 11.8 Å². The van der Waals surface area contributed by atoms with E-state index >= 15 is 0 Å². The van der Waals surface area contributed by atoms with Crippen LogP contribution < -0.4 is 0 Å². The fourth-order valence-corrected chi connectivity index (χ4v) is 2.60. The van der Waals surface area contributed by atoms with E-state index in [4.69, 9.17) is 11.6 Å². The highest BCUT2D eigenvalue weighted by atomic mass is 35.5. The SMILES string of the molecule is CC(C)(Cc1ccccc1)c1ccccc1Cl. The van der Waals surface area contributed by atoms with Crippen molar-refractivity contribution in [2.24, 2.45) is 0 Å². The first-order valence-electron chi connectivity index (χ1n) is 5.88. The Kier molecular flexibility index (Phi) is 3.54. The fourth-order valence-electron chi connectivity index (χ4n) is 2.21. The molecule has 0 saturated heterocycles. The number of hydrogen-bond donors (Lipinski definition) is 0. The zero-order chi connectivity index (χ0) is 12.3. The van der Waals surface area contributed by atoms with Crippen molar-refractivity contribution in [3.63, 3.8) is 0 Å². The summed E-state index contributed by atoms with van der Waals surface area (Å²) >= 11 is 6.27. The molecule has 0 saturated carbocycles. The minimum absolute atomic E-state index is 0.0553. The van der Waals surface area contributed by atoms with Gasteiger partial charge in [-0.1, -0.05) is 74.0 Å². The molecule has 2 aromatic carbocycles. The average Bonchev–Trinajstić information content (AvgIpc) is 2.30. The van der Waals surface area contributed by atoms with E-state index < -0.39 is 0 Å². The van der Waals surface area contributed by atoms with Crippen molar-refractivity contribution in [1.82, 2.24) is 0 Å². The van der Waals surface area contributed by atoms with Gasteiger partial charge >= 0.3 is 0 Å². The third-order valence-corrected chi connectivity index (χ3v) is 3.42. The highest BCUT2D eigenvalue weighted by molar-refractivity contribution is 6.31. The summed E-state index contributed by atoms with van der Waals surface area (Å²) in [5.41, 5.74) is 2.61. The van der Waals surface area contributed by atoms with Crippen LogP contribution in [-0.4, -0.2) is 0 Å². The number of rotatable bonds is 3. The van der Waals surface area contributed by atoms with Crippen LogP contribution in [0.2, 0.25) is 5.02 Å². The minimum Gasteiger partial charge on any atom is -0.0840 e. The fraction of sp³-hybridized carbons (Fsp3) is 0.250. The van der Waals surface area contributed by atoms with E-state index in [0.29, 0.717) is 0 Å². The van der Waals surface area contributed by atoms with Gasteiger partial charge in [-0.2, -0.15) is 0 Å². The zero-order valence-electron chi connectivity index (χ0n) is 10.3. The van der Waals surface area contributed by atoms with Gasteiger partial charge in [0, 0.05) is 5.02 Å². The van der Waals surface area contributed by atoms with E-state index in [9.17, 15) is 0 Å². The molecule has 0 amide bonds. The summed E-state index contributed by atoms with van der Waals surface area (Å²) in [5, 5.41) is 0.855. The van der Waals surface area contributed by atoms with Gasteiger partial charge in [0.2, 0.25) is 0 Å². The number of halogens is 1. The first-order valence-corrected chi connectivity index (χ1v) is 6.26. The Balaban J connectivity index is 2.28. The largest absolute Gasteiger partial charge is 0.0840 e. The molecule has 0 N–H and O–H groups in total. The van der Waals surface area contributed by atoms with E-state index in [1.165, 1.54) is 11.1 Å². The summed E-state index contributed by atoms with van der Waals surface area (Å²) < 4.78 is 0. The summed E-state index contributed by atoms with van der Waals surface area (Å²) in [6.45, 7) is 4.47. The van der Waals surface area contributed by atoms with Gasteiger partial charge in [0.15, 0.2) is 0 Å². The lowest BCUT2D eigenvalue weighted by molar-refractivity contribution is 0.522. The molecule has 0 aliphatic heterocycles. The average molecular weight is 245 g/mol. The van der Waals surface area contributed by atoms with Crippen molar-refractivity contribution >= 4 is 11.6 Å². The molecule has 1 heteroatoms. The topological polar surface area (TPSA) is 0 Å². The quantitative estimate of drug-likeness (QED) is 0.723. The lowest BCUT2D eigenvalue weighted by Crippen LogP contribution is -2.20. The summed E-state index contributed by atoms with van der Waals surface area (Å²) in [7, 11) is 0. The van der Waals surface area contributed by atoms with Crippen LogP contribution in [0.25, 0.3) is 0 Å². The summed E-state index contributed by atoms with van der Waals surface area (Å²) in [4.78, 5) is 0. The first kappa shape index (κ1) is 12.2. The maximum absolute atomic E-state index is 6.27. The molecule has 88 valence electrons.